The monoisotopic (exact) mass is 355 g/mol. The van der Waals surface area contributed by atoms with Gasteiger partial charge in [-0.3, -0.25) is 4.79 Å². The molecule has 2 rings (SSSR count). The molecule has 2 aromatic carbocycles. The second-order valence-corrected chi connectivity index (χ2v) is 6.58. The van der Waals surface area contributed by atoms with Gasteiger partial charge < -0.3 is 14.8 Å². The van der Waals surface area contributed by atoms with E-state index in [0.29, 0.717) is 13.0 Å². The summed E-state index contributed by atoms with van der Waals surface area (Å²) in [5.41, 5.74) is 3.50. The number of aryl methyl sites for hydroxylation is 3. The van der Waals surface area contributed by atoms with Crippen LogP contribution in [0.5, 0.6) is 11.5 Å². The molecule has 1 unspecified atom stereocenters. The molecular formula is C22H29NO3. The normalized spacial score (nSPS) is 11.7. The van der Waals surface area contributed by atoms with E-state index < -0.39 is 6.10 Å². The number of methoxy groups -OCH3 is 1. The molecule has 0 heterocycles. The first-order valence-electron chi connectivity index (χ1n) is 9.17. The molecule has 1 amide bonds. The van der Waals surface area contributed by atoms with Crippen molar-refractivity contribution < 1.29 is 14.3 Å². The lowest BCUT2D eigenvalue weighted by Crippen LogP contribution is -2.38. The fraction of sp³-hybridized carbons (Fsp3) is 0.409. The number of carbonyl (C=O) groups excluding carboxylic acids is 1. The maximum atomic E-state index is 12.4. The molecule has 4 heteroatoms. The Morgan fingerprint density at radius 1 is 1.04 bits per heavy atom. The molecule has 140 valence electrons. The molecule has 0 bridgehead atoms. The largest absolute Gasteiger partial charge is 0.497 e. The molecule has 0 spiro atoms. The van der Waals surface area contributed by atoms with Gasteiger partial charge in [-0.1, -0.05) is 25.1 Å². The highest BCUT2D eigenvalue weighted by molar-refractivity contribution is 5.81. The van der Waals surface area contributed by atoms with Crippen molar-refractivity contribution in [2.24, 2.45) is 0 Å². The Balaban J connectivity index is 1.79. The number of ether oxygens (including phenoxy) is 2. The van der Waals surface area contributed by atoms with Crippen molar-refractivity contribution in [3.8, 4) is 11.5 Å². The van der Waals surface area contributed by atoms with Gasteiger partial charge in [0.1, 0.15) is 11.5 Å². The van der Waals surface area contributed by atoms with Crippen LogP contribution in [0.15, 0.2) is 42.5 Å². The Kier molecular flexibility index (Phi) is 7.52. The topological polar surface area (TPSA) is 47.6 Å². The third-order valence-corrected chi connectivity index (χ3v) is 4.24. The first-order chi connectivity index (χ1) is 12.5. The van der Waals surface area contributed by atoms with Crippen molar-refractivity contribution in [2.75, 3.05) is 13.7 Å². The van der Waals surface area contributed by atoms with Gasteiger partial charge in [0, 0.05) is 6.54 Å². The molecule has 0 saturated carbocycles. The van der Waals surface area contributed by atoms with Gasteiger partial charge in [0.2, 0.25) is 0 Å². The Bertz CT molecular complexity index is 690. The van der Waals surface area contributed by atoms with E-state index in [1.165, 1.54) is 5.56 Å². The van der Waals surface area contributed by atoms with E-state index in [0.717, 1.165) is 35.5 Å². The number of carbonyl (C=O) groups is 1. The summed E-state index contributed by atoms with van der Waals surface area (Å²) in [5, 5.41) is 2.99. The minimum Gasteiger partial charge on any atom is -0.497 e. The molecule has 0 aromatic heterocycles. The summed E-state index contributed by atoms with van der Waals surface area (Å²) in [6, 6.07) is 14.0. The fourth-order valence-corrected chi connectivity index (χ4v) is 2.90. The minimum absolute atomic E-state index is 0.0543. The van der Waals surface area contributed by atoms with Crippen molar-refractivity contribution in [2.45, 2.75) is 46.1 Å². The van der Waals surface area contributed by atoms with E-state index in [9.17, 15) is 4.79 Å². The molecule has 1 atom stereocenters. The summed E-state index contributed by atoms with van der Waals surface area (Å²) in [6.45, 7) is 6.65. The highest BCUT2D eigenvalue weighted by Gasteiger charge is 2.18. The predicted octanol–water partition coefficient (Wildman–Crippen LogP) is 4.22. The summed E-state index contributed by atoms with van der Waals surface area (Å²) >= 11 is 0. The number of benzene rings is 2. The van der Waals surface area contributed by atoms with E-state index in [1.807, 2.05) is 45.0 Å². The fourth-order valence-electron chi connectivity index (χ4n) is 2.90. The molecule has 0 radical (unpaired) electrons. The number of hydrogen-bond donors (Lipinski definition) is 1. The Hall–Kier alpha value is -2.49. The van der Waals surface area contributed by atoms with Crippen molar-refractivity contribution in [3.63, 3.8) is 0 Å². The quantitative estimate of drug-likeness (QED) is 0.685. The van der Waals surface area contributed by atoms with Crippen LogP contribution in [0.4, 0.5) is 0 Å². The molecule has 2 aromatic rings. The molecule has 26 heavy (non-hydrogen) atoms. The van der Waals surface area contributed by atoms with Crippen LogP contribution < -0.4 is 14.8 Å². The summed E-state index contributed by atoms with van der Waals surface area (Å²) < 4.78 is 11.1. The summed E-state index contributed by atoms with van der Waals surface area (Å²) in [7, 11) is 1.66. The van der Waals surface area contributed by atoms with E-state index in [1.54, 1.807) is 7.11 Å². The lowest BCUT2D eigenvalue weighted by molar-refractivity contribution is -0.128. The molecule has 0 aliphatic heterocycles. The summed E-state index contributed by atoms with van der Waals surface area (Å²) in [6.07, 6.45) is 1.98. The highest BCUT2D eigenvalue weighted by atomic mass is 16.5. The zero-order chi connectivity index (χ0) is 18.9. The average molecular weight is 355 g/mol. The minimum atomic E-state index is -0.461. The van der Waals surface area contributed by atoms with Crippen LogP contribution in [0, 0.1) is 13.8 Å². The third-order valence-electron chi connectivity index (χ3n) is 4.24. The second-order valence-electron chi connectivity index (χ2n) is 6.58. The highest BCUT2D eigenvalue weighted by Crippen LogP contribution is 2.18. The van der Waals surface area contributed by atoms with Gasteiger partial charge in [0.15, 0.2) is 6.10 Å². The van der Waals surface area contributed by atoms with E-state index >= 15 is 0 Å². The smallest absolute Gasteiger partial charge is 0.261 e. The van der Waals surface area contributed by atoms with E-state index in [4.69, 9.17) is 9.47 Å². The van der Waals surface area contributed by atoms with Gasteiger partial charge in [-0.2, -0.15) is 0 Å². The van der Waals surface area contributed by atoms with Crippen LogP contribution in [-0.4, -0.2) is 25.7 Å². The molecule has 0 saturated heterocycles. The molecule has 0 aliphatic rings. The van der Waals surface area contributed by atoms with E-state index in [2.05, 4.69) is 23.5 Å². The maximum Gasteiger partial charge on any atom is 0.261 e. The second kappa shape index (κ2) is 9.85. The zero-order valence-corrected chi connectivity index (χ0v) is 16.2. The summed E-state index contributed by atoms with van der Waals surface area (Å²) in [5.74, 6) is 1.56. The Labute approximate surface area is 156 Å². The van der Waals surface area contributed by atoms with Crippen LogP contribution >= 0.6 is 0 Å². The van der Waals surface area contributed by atoms with Crippen molar-refractivity contribution in [1.82, 2.24) is 5.32 Å². The van der Waals surface area contributed by atoms with Crippen LogP contribution in [-0.2, 0) is 11.2 Å². The van der Waals surface area contributed by atoms with Gasteiger partial charge in [-0.15, -0.1) is 0 Å². The summed E-state index contributed by atoms with van der Waals surface area (Å²) in [4.78, 5) is 12.4. The number of nitrogens with one attached hydrogen (secondary N) is 1. The van der Waals surface area contributed by atoms with Crippen LogP contribution in [0.1, 0.15) is 36.5 Å². The standard InChI is InChI=1S/C22H29NO3/c1-5-21(26-20-14-16(2)13-17(3)15-20)22(24)23-12-6-7-18-8-10-19(25-4)11-9-18/h8-11,13-15,21H,5-7,12H2,1-4H3,(H,23,24). The van der Waals surface area contributed by atoms with Crippen molar-refractivity contribution in [3.05, 3.63) is 59.2 Å². The van der Waals surface area contributed by atoms with Crippen molar-refractivity contribution >= 4 is 5.91 Å². The van der Waals surface area contributed by atoms with Gasteiger partial charge >= 0.3 is 0 Å². The number of amides is 1. The van der Waals surface area contributed by atoms with Gasteiger partial charge in [-0.25, -0.2) is 0 Å². The number of rotatable bonds is 9. The van der Waals surface area contributed by atoms with Gasteiger partial charge in [-0.05, 0) is 74.1 Å². The molecule has 4 nitrogen and oxygen atoms in total. The maximum absolute atomic E-state index is 12.4. The van der Waals surface area contributed by atoms with Gasteiger partial charge in [0.05, 0.1) is 7.11 Å². The third kappa shape index (κ3) is 6.10. The average Bonchev–Trinajstić information content (AvgIpc) is 2.62. The first kappa shape index (κ1) is 19.8. The molecule has 0 fully saturated rings. The van der Waals surface area contributed by atoms with Crippen LogP contribution in [0.3, 0.4) is 0 Å². The predicted molar refractivity (Wildman–Crippen MR) is 105 cm³/mol. The molecular weight excluding hydrogens is 326 g/mol. The molecule has 0 aliphatic carbocycles. The Morgan fingerprint density at radius 2 is 1.69 bits per heavy atom. The lowest BCUT2D eigenvalue weighted by atomic mass is 10.1. The van der Waals surface area contributed by atoms with E-state index in [-0.39, 0.29) is 5.91 Å². The molecule has 1 N–H and O–H groups in total. The number of hydrogen-bond acceptors (Lipinski definition) is 3. The van der Waals surface area contributed by atoms with Crippen molar-refractivity contribution in [1.29, 1.82) is 0 Å². The Morgan fingerprint density at radius 3 is 2.27 bits per heavy atom. The van der Waals surface area contributed by atoms with Crippen LogP contribution in [0.25, 0.3) is 0 Å². The van der Waals surface area contributed by atoms with Crippen LogP contribution in [0.2, 0.25) is 0 Å². The van der Waals surface area contributed by atoms with Gasteiger partial charge in [0.25, 0.3) is 5.91 Å². The SMILES string of the molecule is CCC(Oc1cc(C)cc(C)c1)C(=O)NCCCc1ccc(OC)cc1. The lowest BCUT2D eigenvalue weighted by Gasteiger charge is -2.18. The zero-order valence-electron chi connectivity index (χ0n) is 16.2. The first-order valence-corrected chi connectivity index (χ1v) is 9.17.